The van der Waals surface area contributed by atoms with Crippen molar-refractivity contribution in [2.45, 2.75) is 33.6 Å². The van der Waals surface area contributed by atoms with Crippen LogP contribution in [-0.2, 0) is 6.42 Å². The molecule has 0 heterocycles. The number of hydrogen-bond acceptors (Lipinski definition) is 1. The Balaban J connectivity index is 2.68. The molecule has 0 radical (unpaired) electrons. The minimum absolute atomic E-state index is 0.187. The van der Waals surface area contributed by atoms with E-state index in [1.807, 2.05) is 0 Å². The minimum atomic E-state index is -0.187. The molecule has 0 spiro atoms. The predicted molar refractivity (Wildman–Crippen MR) is 76.6 cm³/mol. The van der Waals surface area contributed by atoms with E-state index in [-0.39, 0.29) is 5.82 Å². The van der Waals surface area contributed by atoms with E-state index in [0.717, 1.165) is 31.5 Å². The fourth-order valence-corrected chi connectivity index (χ4v) is 2.41. The molecule has 1 nitrogen and oxygen atoms in total. The summed E-state index contributed by atoms with van der Waals surface area (Å²) in [5.41, 5.74) is 0.767. The summed E-state index contributed by atoms with van der Waals surface area (Å²) in [4.78, 5) is 0. The van der Waals surface area contributed by atoms with Crippen LogP contribution >= 0.6 is 11.6 Å². The van der Waals surface area contributed by atoms with Crippen LogP contribution in [0.4, 0.5) is 4.39 Å². The Morgan fingerprint density at radius 3 is 2.61 bits per heavy atom. The van der Waals surface area contributed by atoms with Crippen molar-refractivity contribution in [3.8, 4) is 0 Å². The summed E-state index contributed by atoms with van der Waals surface area (Å²) in [5.74, 6) is 0.914. The lowest BCUT2D eigenvalue weighted by molar-refractivity contribution is 0.384. The van der Waals surface area contributed by atoms with Crippen LogP contribution < -0.4 is 5.32 Å². The molecule has 1 N–H and O–H groups in total. The molecule has 0 fully saturated rings. The molecule has 0 saturated heterocycles. The summed E-state index contributed by atoms with van der Waals surface area (Å²) in [5, 5.41) is 3.82. The van der Waals surface area contributed by atoms with Gasteiger partial charge < -0.3 is 5.32 Å². The molecule has 0 aliphatic rings. The molecule has 1 rings (SSSR count). The Bertz CT molecular complexity index is 366. The molecule has 1 aromatic carbocycles. The monoisotopic (exact) mass is 271 g/mol. The van der Waals surface area contributed by atoms with Crippen molar-refractivity contribution in [3.63, 3.8) is 0 Å². The van der Waals surface area contributed by atoms with E-state index >= 15 is 0 Å². The van der Waals surface area contributed by atoms with E-state index in [4.69, 9.17) is 11.6 Å². The maximum absolute atomic E-state index is 13.8. The molecule has 0 aromatic heterocycles. The summed E-state index contributed by atoms with van der Waals surface area (Å²) >= 11 is 5.77. The highest BCUT2D eigenvalue weighted by Gasteiger charge is 2.14. The van der Waals surface area contributed by atoms with E-state index in [1.54, 1.807) is 12.1 Å². The van der Waals surface area contributed by atoms with E-state index in [9.17, 15) is 4.39 Å². The van der Waals surface area contributed by atoms with Gasteiger partial charge >= 0.3 is 0 Å². The van der Waals surface area contributed by atoms with Gasteiger partial charge in [-0.1, -0.05) is 38.4 Å². The lowest BCUT2D eigenvalue weighted by atomic mass is 9.90. The minimum Gasteiger partial charge on any atom is -0.317 e. The smallest absolute Gasteiger partial charge is 0.127 e. The molecule has 0 aliphatic heterocycles. The highest BCUT2D eigenvalue weighted by atomic mass is 35.5. The first kappa shape index (κ1) is 15.5. The zero-order chi connectivity index (χ0) is 13.5. The molecular weight excluding hydrogens is 249 g/mol. The van der Waals surface area contributed by atoms with Crippen molar-refractivity contribution < 1.29 is 4.39 Å². The van der Waals surface area contributed by atoms with E-state index in [1.165, 1.54) is 6.07 Å². The first-order valence-electron chi connectivity index (χ1n) is 6.67. The number of rotatable bonds is 7. The van der Waals surface area contributed by atoms with Gasteiger partial charge in [0.1, 0.15) is 5.82 Å². The van der Waals surface area contributed by atoms with Gasteiger partial charge in [-0.3, -0.25) is 0 Å². The summed E-state index contributed by atoms with van der Waals surface area (Å²) in [6, 6.07) is 4.97. The van der Waals surface area contributed by atoms with Crippen molar-refractivity contribution >= 4 is 11.6 Å². The van der Waals surface area contributed by atoms with Crippen molar-refractivity contribution in [1.29, 1.82) is 0 Å². The molecule has 0 aliphatic carbocycles. The van der Waals surface area contributed by atoms with Gasteiger partial charge in [0.25, 0.3) is 0 Å². The SMILES string of the molecule is CCNCC(Cc1ccc(Cl)cc1F)CC(C)C. The van der Waals surface area contributed by atoms with Gasteiger partial charge in [-0.05, 0) is 55.5 Å². The highest BCUT2D eigenvalue weighted by Crippen LogP contribution is 2.21. The molecule has 0 bridgehead atoms. The molecule has 1 aromatic rings. The van der Waals surface area contributed by atoms with E-state index < -0.39 is 0 Å². The fraction of sp³-hybridized carbons (Fsp3) is 0.600. The second-order valence-electron chi connectivity index (χ2n) is 5.24. The van der Waals surface area contributed by atoms with Crippen molar-refractivity contribution in [3.05, 3.63) is 34.6 Å². The maximum atomic E-state index is 13.8. The Morgan fingerprint density at radius 2 is 2.06 bits per heavy atom. The van der Waals surface area contributed by atoms with Crippen molar-refractivity contribution in [2.24, 2.45) is 11.8 Å². The van der Waals surface area contributed by atoms with Crippen LogP contribution in [0.1, 0.15) is 32.8 Å². The second-order valence-corrected chi connectivity index (χ2v) is 5.68. The van der Waals surface area contributed by atoms with Gasteiger partial charge in [0.15, 0.2) is 0 Å². The molecular formula is C15H23ClFN. The van der Waals surface area contributed by atoms with E-state index in [2.05, 4.69) is 26.1 Å². The van der Waals surface area contributed by atoms with Gasteiger partial charge in [0, 0.05) is 5.02 Å². The van der Waals surface area contributed by atoms with Gasteiger partial charge in [-0.15, -0.1) is 0 Å². The molecule has 0 amide bonds. The molecule has 18 heavy (non-hydrogen) atoms. The third kappa shape index (κ3) is 5.36. The molecule has 1 atom stereocenters. The van der Waals surface area contributed by atoms with Crippen LogP contribution in [0.2, 0.25) is 5.02 Å². The third-order valence-corrected chi connectivity index (χ3v) is 3.25. The topological polar surface area (TPSA) is 12.0 Å². The molecule has 3 heteroatoms. The van der Waals surface area contributed by atoms with Crippen LogP contribution in [0.15, 0.2) is 18.2 Å². The van der Waals surface area contributed by atoms with Crippen LogP contribution in [-0.4, -0.2) is 13.1 Å². The molecule has 1 unspecified atom stereocenters. The van der Waals surface area contributed by atoms with Crippen LogP contribution in [0.3, 0.4) is 0 Å². The number of hydrogen-bond donors (Lipinski definition) is 1. The Hall–Kier alpha value is -0.600. The van der Waals surface area contributed by atoms with Gasteiger partial charge in [0.05, 0.1) is 0 Å². The number of halogens is 2. The summed E-state index contributed by atoms with van der Waals surface area (Å²) in [6.45, 7) is 8.40. The van der Waals surface area contributed by atoms with Crippen LogP contribution in [0, 0.1) is 17.7 Å². The summed E-state index contributed by atoms with van der Waals surface area (Å²) < 4.78 is 13.8. The highest BCUT2D eigenvalue weighted by molar-refractivity contribution is 6.30. The second kappa shape index (κ2) is 7.75. The van der Waals surface area contributed by atoms with Crippen molar-refractivity contribution in [1.82, 2.24) is 5.32 Å². The van der Waals surface area contributed by atoms with Gasteiger partial charge in [0.2, 0.25) is 0 Å². The quantitative estimate of drug-likeness (QED) is 0.780. The average molecular weight is 272 g/mol. The standard InChI is InChI=1S/C15H23ClFN/c1-4-18-10-12(7-11(2)3)8-13-5-6-14(16)9-15(13)17/h5-6,9,11-12,18H,4,7-8,10H2,1-3H3. The first-order valence-corrected chi connectivity index (χ1v) is 7.05. The largest absolute Gasteiger partial charge is 0.317 e. The molecule has 102 valence electrons. The first-order chi connectivity index (χ1) is 8.52. The lowest BCUT2D eigenvalue weighted by Crippen LogP contribution is -2.25. The van der Waals surface area contributed by atoms with Crippen molar-refractivity contribution in [2.75, 3.05) is 13.1 Å². The van der Waals surface area contributed by atoms with Gasteiger partial charge in [-0.25, -0.2) is 4.39 Å². The predicted octanol–water partition coefficient (Wildman–Crippen LogP) is 4.29. The fourth-order valence-electron chi connectivity index (χ4n) is 2.25. The van der Waals surface area contributed by atoms with E-state index in [0.29, 0.717) is 16.9 Å². The maximum Gasteiger partial charge on any atom is 0.127 e. The summed E-state index contributed by atoms with van der Waals surface area (Å²) in [6.07, 6.45) is 1.88. The number of benzene rings is 1. The molecule has 0 saturated carbocycles. The van der Waals surface area contributed by atoms with Crippen LogP contribution in [0.25, 0.3) is 0 Å². The number of nitrogens with one attached hydrogen (secondary N) is 1. The average Bonchev–Trinajstić information content (AvgIpc) is 2.29. The van der Waals surface area contributed by atoms with Crippen LogP contribution in [0.5, 0.6) is 0 Å². The third-order valence-electron chi connectivity index (χ3n) is 3.01. The lowest BCUT2D eigenvalue weighted by Gasteiger charge is -2.19. The van der Waals surface area contributed by atoms with Gasteiger partial charge in [-0.2, -0.15) is 0 Å². The Kier molecular flexibility index (Phi) is 6.66. The Labute approximate surface area is 115 Å². The zero-order valence-corrected chi connectivity index (χ0v) is 12.2. The zero-order valence-electron chi connectivity index (χ0n) is 11.5. The Morgan fingerprint density at radius 1 is 1.33 bits per heavy atom. The summed E-state index contributed by atoms with van der Waals surface area (Å²) in [7, 11) is 0. The normalized spacial score (nSPS) is 13.0.